The molecule has 0 heterocycles. The van der Waals surface area contributed by atoms with E-state index in [0.717, 1.165) is 16.7 Å². The molecular formula is C19H19NO4. The number of hydrogen-bond donors (Lipinski definition) is 2. The average Bonchev–Trinajstić information content (AvgIpc) is 2.55. The van der Waals surface area contributed by atoms with Gasteiger partial charge in [-0.1, -0.05) is 61.2 Å². The number of nitrogens with one attached hydrogen (secondary N) is 1. The van der Waals surface area contributed by atoms with Gasteiger partial charge in [-0.15, -0.1) is 0 Å². The van der Waals surface area contributed by atoms with Crippen LogP contribution < -0.4 is 5.32 Å². The lowest BCUT2D eigenvalue weighted by Gasteiger charge is -2.14. The lowest BCUT2D eigenvalue weighted by molar-refractivity contribution is -0.139. The molecule has 2 aromatic rings. The molecule has 5 nitrogen and oxygen atoms in total. The number of ether oxygens (including phenoxy) is 1. The first-order valence-corrected chi connectivity index (χ1v) is 7.46. The molecule has 2 N–H and O–H groups in total. The Morgan fingerprint density at radius 1 is 1.08 bits per heavy atom. The van der Waals surface area contributed by atoms with E-state index in [9.17, 15) is 14.7 Å². The molecule has 0 fully saturated rings. The molecule has 0 radical (unpaired) electrons. The predicted octanol–water partition coefficient (Wildman–Crippen LogP) is 3.61. The number of carboxylic acids is 1. The molecule has 124 valence electrons. The van der Waals surface area contributed by atoms with Gasteiger partial charge in [0.25, 0.3) is 0 Å². The van der Waals surface area contributed by atoms with Crippen LogP contribution in [0.2, 0.25) is 0 Å². The maximum atomic E-state index is 11.5. The summed E-state index contributed by atoms with van der Waals surface area (Å²) in [6, 6.07) is 16.4. The molecule has 0 aliphatic heterocycles. The van der Waals surface area contributed by atoms with Gasteiger partial charge in [0.05, 0.1) is 5.76 Å². The van der Waals surface area contributed by atoms with Gasteiger partial charge < -0.3 is 15.2 Å². The summed E-state index contributed by atoms with van der Waals surface area (Å²) in [5, 5.41) is 11.6. The van der Waals surface area contributed by atoms with Gasteiger partial charge in [0.1, 0.15) is 6.04 Å². The fourth-order valence-corrected chi connectivity index (χ4v) is 2.23. The summed E-state index contributed by atoms with van der Waals surface area (Å²) in [5.41, 5.74) is 2.93. The van der Waals surface area contributed by atoms with Crippen LogP contribution >= 0.6 is 0 Å². The normalized spacial score (nSPS) is 11.4. The molecule has 0 aliphatic carbocycles. The molecule has 1 amide bonds. The second-order valence-corrected chi connectivity index (χ2v) is 5.39. The first-order chi connectivity index (χ1) is 11.5. The number of benzene rings is 2. The van der Waals surface area contributed by atoms with Crippen LogP contribution in [0.4, 0.5) is 4.79 Å². The quantitative estimate of drug-likeness (QED) is 0.796. The average molecular weight is 325 g/mol. The molecule has 0 spiro atoms. The van der Waals surface area contributed by atoms with Gasteiger partial charge in [0.2, 0.25) is 0 Å². The minimum atomic E-state index is -1.12. The Kier molecular flexibility index (Phi) is 5.73. The van der Waals surface area contributed by atoms with E-state index < -0.39 is 18.1 Å². The Balaban J connectivity index is 2.06. The van der Waals surface area contributed by atoms with Crippen LogP contribution in [0, 0.1) is 0 Å². The van der Waals surface area contributed by atoms with Crippen molar-refractivity contribution in [2.24, 2.45) is 0 Å². The third kappa shape index (κ3) is 4.98. The smallest absolute Gasteiger partial charge is 0.412 e. The predicted molar refractivity (Wildman–Crippen MR) is 91.4 cm³/mol. The summed E-state index contributed by atoms with van der Waals surface area (Å²) in [4.78, 5) is 22.9. The van der Waals surface area contributed by atoms with Gasteiger partial charge in [0, 0.05) is 6.42 Å². The van der Waals surface area contributed by atoms with Crippen molar-refractivity contribution < 1.29 is 19.4 Å². The molecule has 1 atom stereocenters. The van der Waals surface area contributed by atoms with E-state index in [0.29, 0.717) is 0 Å². The molecule has 0 saturated carbocycles. The van der Waals surface area contributed by atoms with Crippen molar-refractivity contribution in [2.75, 3.05) is 0 Å². The van der Waals surface area contributed by atoms with Crippen molar-refractivity contribution in [3.63, 3.8) is 0 Å². The molecule has 0 aliphatic rings. The molecule has 5 heteroatoms. The number of hydrogen-bond acceptors (Lipinski definition) is 3. The first-order valence-electron chi connectivity index (χ1n) is 7.46. The maximum absolute atomic E-state index is 11.5. The number of carbonyl (C=O) groups is 2. The lowest BCUT2D eigenvalue weighted by Crippen LogP contribution is -2.42. The van der Waals surface area contributed by atoms with Crippen molar-refractivity contribution in [3.05, 3.63) is 72.5 Å². The number of carbonyl (C=O) groups excluding carboxylic acids is 1. The van der Waals surface area contributed by atoms with E-state index in [2.05, 4.69) is 11.9 Å². The van der Waals surface area contributed by atoms with Gasteiger partial charge in [-0.25, -0.2) is 9.59 Å². The molecule has 0 aromatic heterocycles. The standard InChI is InChI=1S/C19H19NO4/c1-13(2)24-19(23)20-17(18(21)22)12-14-8-10-16(11-9-14)15-6-4-3-5-7-15/h3-11,17H,1,12H2,2H3,(H,20,23)(H,21,22)/t17-/m1/s1. The highest BCUT2D eigenvalue weighted by Crippen LogP contribution is 2.19. The van der Waals surface area contributed by atoms with E-state index in [4.69, 9.17) is 4.74 Å². The number of amides is 1. The minimum Gasteiger partial charge on any atom is -0.480 e. The summed E-state index contributed by atoms with van der Waals surface area (Å²) in [7, 11) is 0. The van der Waals surface area contributed by atoms with Gasteiger partial charge in [0.15, 0.2) is 0 Å². The highest BCUT2D eigenvalue weighted by Gasteiger charge is 2.21. The van der Waals surface area contributed by atoms with Crippen LogP contribution in [-0.2, 0) is 16.0 Å². The van der Waals surface area contributed by atoms with Crippen LogP contribution in [0.3, 0.4) is 0 Å². The van der Waals surface area contributed by atoms with Gasteiger partial charge in [-0.3, -0.25) is 0 Å². The third-order valence-corrected chi connectivity index (χ3v) is 3.36. The maximum Gasteiger partial charge on any atom is 0.412 e. The van der Waals surface area contributed by atoms with Crippen LogP contribution in [0.15, 0.2) is 66.9 Å². The zero-order valence-electron chi connectivity index (χ0n) is 13.4. The van der Waals surface area contributed by atoms with Crippen LogP contribution in [-0.4, -0.2) is 23.2 Å². The number of rotatable bonds is 6. The second kappa shape index (κ2) is 7.97. The summed E-state index contributed by atoms with van der Waals surface area (Å²) < 4.78 is 4.74. The zero-order valence-corrected chi connectivity index (χ0v) is 13.4. The largest absolute Gasteiger partial charge is 0.480 e. The van der Waals surface area contributed by atoms with Gasteiger partial charge >= 0.3 is 12.1 Å². The van der Waals surface area contributed by atoms with E-state index in [1.165, 1.54) is 6.92 Å². The molecule has 0 saturated heterocycles. The van der Waals surface area contributed by atoms with Crippen molar-refractivity contribution in [1.29, 1.82) is 0 Å². The minimum absolute atomic E-state index is 0.162. The highest BCUT2D eigenvalue weighted by molar-refractivity contribution is 5.80. The van der Waals surface area contributed by atoms with Crippen molar-refractivity contribution in [3.8, 4) is 11.1 Å². The third-order valence-electron chi connectivity index (χ3n) is 3.36. The highest BCUT2D eigenvalue weighted by atomic mass is 16.6. The van der Waals surface area contributed by atoms with E-state index in [1.54, 1.807) is 0 Å². The van der Waals surface area contributed by atoms with Gasteiger partial charge in [-0.05, 0) is 23.6 Å². The number of alkyl carbamates (subject to hydrolysis) is 1. The molecule has 24 heavy (non-hydrogen) atoms. The Labute approximate surface area is 140 Å². The Morgan fingerprint density at radius 3 is 2.21 bits per heavy atom. The van der Waals surface area contributed by atoms with Crippen molar-refractivity contribution in [2.45, 2.75) is 19.4 Å². The Morgan fingerprint density at radius 2 is 1.67 bits per heavy atom. The number of aliphatic carboxylic acids is 1. The van der Waals surface area contributed by atoms with Crippen LogP contribution in [0.5, 0.6) is 0 Å². The number of allylic oxidation sites excluding steroid dienone is 1. The van der Waals surface area contributed by atoms with E-state index >= 15 is 0 Å². The molecule has 0 bridgehead atoms. The zero-order chi connectivity index (χ0) is 17.5. The van der Waals surface area contributed by atoms with Crippen molar-refractivity contribution >= 4 is 12.1 Å². The SMILES string of the molecule is C=C(C)OC(=O)N[C@H](Cc1ccc(-c2ccccc2)cc1)C(=O)O. The lowest BCUT2D eigenvalue weighted by atomic mass is 10.0. The summed E-state index contributed by atoms with van der Waals surface area (Å²) in [6.45, 7) is 4.95. The summed E-state index contributed by atoms with van der Waals surface area (Å²) >= 11 is 0. The monoisotopic (exact) mass is 325 g/mol. The van der Waals surface area contributed by atoms with Gasteiger partial charge in [-0.2, -0.15) is 0 Å². The van der Waals surface area contributed by atoms with Crippen molar-refractivity contribution in [1.82, 2.24) is 5.32 Å². The first kappa shape index (κ1) is 17.3. The topological polar surface area (TPSA) is 75.6 Å². The number of carboxylic acid groups (broad SMARTS) is 1. The Hall–Kier alpha value is -3.08. The molecular weight excluding hydrogens is 306 g/mol. The second-order valence-electron chi connectivity index (χ2n) is 5.39. The molecule has 2 rings (SSSR count). The van der Waals surface area contributed by atoms with E-state index in [1.807, 2.05) is 54.6 Å². The summed E-state index contributed by atoms with van der Waals surface area (Å²) in [6.07, 6.45) is -0.661. The molecule has 2 aromatic carbocycles. The molecule has 0 unspecified atom stereocenters. The fourth-order valence-electron chi connectivity index (χ4n) is 2.23. The van der Waals surface area contributed by atoms with Crippen LogP contribution in [0.1, 0.15) is 12.5 Å². The van der Waals surface area contributed by atoms with E-state index in [-0.39, 0.29) is 12.2 Å². The Bertz CT molecular complexity index is 723. The fraction of sp³-hybridized carbons (Fsp3) is 0.158. The van der Waals surface area contributed by atoms with Crippen LogP contribution in [0.25, 0.3) is 11.1 Å². The summed E-state index contributed by atoms with van der Waals surface area (Å²) in [5.74, 6) is -0.926.